The van der Waals surface area contributed by atoms with Gasteiger partial charge in [0.1, 0.15) is 19.8 Å². The summed E-state index contributed by atoms with van der Waals surface area (Å²) in [6, 6.07) is 11.2. The molecule has 29 heavy (non-hydrogen) atoms. The zero-order valence-electron chi connectivity index (χ0n) is 15.0. The second kappa shape index (κ2) is 9.08. The molecule has 0 radical (unpaired) electrons. The van der Waals surface area contributed by atoms with E-state index < -0.39 is 24.5 Å². The van der Waals surface area contributed by atoms with Gasteiger partial charge >= 0.3 is 6.18 Å². The van der Waals surface area contributed by atoms with Crippen LogP contribution >= 0.6 is 11.8 Å². The fraction of sp³-hybridized carbons (Fsp3) is 0.263. The quantitative estimate of drug-likeness (QED) is 0.692. The minimum absolute atomic E-state index is 0.0398. The van der Waals surface area contributed by atoms with Crippen LogP contribution in [0.25, 0.3) is 0 Å². The first-order valence-corrected chi connectivity index (χ1v) is 9.57. The number of halogens is 3. The summed E-state index contributed by atoms with van der Waals surface area (Å²) in [5, 5.41) is 4.36. The number of hydrogen-bond donors (Lipinski definition) is 2. The smallest absolute Gasteiger partial charge is 0.405 e. The summed E-state index contributed by atoms with van der Waals surface area (Å²) < 4.78 is 47.8. The van der Waals surface area contributed by atoms with Crippen LogP contribution < -0.4 is 20.1 Å². The summed E-state index contributed by atoms with van der Waals surface area (Å²) in [4.78, 5) is 25.1. The highest BCUT2D eigenvalue weighted by Crippen LogP contribution is 2.34. The van der Waals surface area contributed by atoms with Gasteiger partial charge in [-0.1, -0.05) is 12.1 Å². The molecule has 0 aromatic heterocycles. The van der Waals surface area contributed by atoms with Gasteiger partial charge in [-0.2, -0.15) is 13.2 Å². The van der Waals surface area contributed by atoms with E-state index in [0.29, 0.717) is 24.7 Å². The molecule has 0 bridgehead atoms. The third kappa shape index (κ3) is 6.05. The predicted octanol–water partition coefficient (Wildman–Crippen LogP) is 3.48. The monoisotopic (exact) mass is 426 g/mol. The van der Waals surface area contributed by atoms with Crippen molar-refractivity contribution in [1.29, 1.82) is 0 Å². The molecule has 0 fully saturated rings. The number of carbonyl (C=O) groups excluding carboxylic acids is 2. The molecule has 3 rings (SSSR count). The van der Waals surface area contributed by atoms with Crippen LogP contribution in [0.15, 0.2) is 47.4 Å². The van der Waals surface area contributed by atoms with E-state index in [1.165, 1.54) is 30.0 Å². The number of nitrogens with one attached hydrogen (secondary N) is 2. The van der Waals surface area contributed by atoms with Gasteiger partial charge in [-0.05, 0) is 30.3 Å². The number of anilines is 1. The van der Waals surface area contributed by atoms with E-state index in [1.54, 1.807) is 29.6 Å². The lowest BCUT2D eigenvalue weighted by Crippen LogP contribution is -2.34. The van der Waals surface area contributed by atoms with Crippen molar-refractivity contribution in [2.45, 2.75) is 11.1 Å². The number of hydrogen-bond acceptors (Lipinski definition) is 5. The van der Waals surface area contributed by atoms with Crippen LogP contribution in [0.4, 0.5) is 18.9 Å². The zero-order chi connectivity index (χ0) is 20.9. The molecule has 2 amide bonds. The Morgan fingerprint density at radius 3 is 2.52 bits per heavy atom. The fourth-order valence-corrected chi connectivity index (χ4v) is 3.24. The maximum Gasteiger partial charge on any atom is 0.405 e. The number of benzene rings is 2. The molecule has 0 atom stereocenters. The number of carbonyl (C=O) groups is 2. The van der Waals surface area contributed by atoms with Gasteiger partial charge in [0.05, 0.1) is 17.0 Å². The molecular formula is C19H17F3N2O4S. The van der Waals surface area contributed by atoms with Crippen LogP contribution in [0.1, 0.15) is 10.4 Å². The van der Waals surface area contributed by atoms with Gasteiger partial charge in [0.15, 0.2) is 11.5 Å². The van der Waals surface area contributed by atoms with E-state index in [4.69, 9.17) is 9.47 Å². The van der Waals surface area contributed by atoms with E-state index in [9.17, 15) is 22.8 Å². The second-order valence-electron chi connectivity index (χ2n) is 5.99. The summed E-state index contributed by atoms with van der Waals surface area (Å²) >= 11 is 1.25. The molecular weight excluding hydrogens is 409 g/mol. The Labute approximate surface area is 168 Å². The Morgan fingerprint density at radius 1 is 1.03 bits per heavy atom. The van der Waals surface area contributed by atoms with E-state index in [0.717, 1.165) is 4.90 Å². The van der Waals surface area contributed by atoms with Crippen LogP contribution in [-0.2, 0) is 4.79 Å². The zero-order valence-corrected chi connectivity index (χ0v) is 15.9. The van der Waals surface area contributed by atoms with Crippen molar-refractivity contribution >= 4 is 29.3 Å². The molecule has 154 valence electrons. The average molecular weight is 426 g/mol. The first-order valence-electron chi connectivity index (χ1n) is 8.58. The first-order chi connectivity index (χ1) is 13.8. The van der Waals surface area contributed by atoms with E-state index in [-0.39, 0.29) is 17.0 Å². The van der Waals surface area contributed by atoms with E-state index >= 15 is 0 Å². The number of rotatable bonds is 6. The number of fused-ring (bicyclic) bond motifs is 1. The van der Waals surface area contributed by atoms with Crippen molar-refractivity contribution in [3.8, 4) is 11.5 Å². The molecule has 2 aromatic rings. The Hall–Kier alpha value is -2.88. The summed E-state index contributed by atoms with van der Waals surface area (Å²) in [6.07, 6.45) is -4.52. The SMILES string of the molecule is O=C(CSc1ccc2c(c1)OCCO2)Nc1ccccc1C(=O)NCC(F)(F)F. The lowest BCUT2D eigenvalue weighted by Gasteiger charge is -2.18. The van der Waals surface area contributed by atoms with Crippen molar-refractivity contribution in [3.05, 3.63) is 48.0 Å². The third-order valence-corrected chi connectivity index (χ3v) is 4.77. The fourth-order valence-electron chi connectivity index (χ4n) is 2.51. The van der Waals surface area contributed by atoms with Gasteiger partial charge in [-0.15, -0.1) is 11.8 Å². The van der Waals surface area contributed by atoms with Gasteiger partial charge in [-0.3, -0.25) is 9.59 Å². The third-order valence-electron chi connectivity index (χ3n) is 3.78. The predicted molar refractivity (Wildman–Crippen MR) is 102 cm³/mol. The Morgan fingerprint density at radius 2 is 1.76 bits per heavy atom. The van der Waals surface area contributed by atoms with Crippen molar-refractivity contribution in [2.75, 3.05) is 30.8 Å². The largest absolute Gasteiger partial charge is 0.486 e. The standard InChI is InChI=1S/C19H17F3N2O4S/c20-19(21,22)11-23-18(26)13-3-1-2-4-14(13)24-17(25)10-29-12-5-6-15-16(9-12)28-8-7-27-15/h1-6,9H,7-8,10-11H2,(H,23,26)(H,24,25). The van der Waals surface area contributed by atoms with Gasteiger partial charge in [0.25, 0.3) is 5.91 Å². The van der Waals surface area contributed by atoms with Crippen molar-refractivity contribution in [2.24, 2.45) is 0 Å². The van der Waals surface area contributed by atoms with Crippen LogP contribution in [0, 0.1) is 0 Å². The summed E-state index contributed by atoms with van der Waals surface area (Å²) in [6.45, 7) is -0.513. The van der Waals surface area contributed by atoms with Gasteiger partial charge in [0.2, 0.25) is 5.91 Å². The first kappa shape index (κ1) is 20.8. The van der Waals surface area contributed by atoms with Gasteiger partial charge in [0, 0.05) is 4.90 Å². The van der Waals surface area contributed by atoms with Crippen molar-refractivity contribution < 1.29 is 32.2 Å². The van der Waals surface area contributed by atoms with Crippen LogP contribution in [0.2, 0.25) is 0 Å². The summed E-state index contributed by atoms with van der Waals surface area (Å²) in [7, 11) is 0. The number of amides is 2. The van der Waals surface area contributed by atoms with Gasteiger partial charge in [-0.25, -0.2) is 0 Å². The summed E-state index contributed by atoms with van der Waals surface area (Å²) in [5.41, 5.74) is 0.0920. The van der Waals surface area contributed by atoms with E-state index in [1.807, 2.05) is 0 Å². The van der Waals surface area contributed by atoms with Crippen molar-refractivity contribution in [3.63, 3.8) is 0 Å². The molecule has 1 heterocycles. The molecule has 2 N–H and O–H groups in total. The highest BCUT2D eigenvalue weighted by Gasteiger charge is 2.28. The molecule has 0 unspecified atom stereocenters. The molecule has 1 aliphatic rings. The molecule has 0 saturated heterocycles. The molecule has 6 nitrogen and oxygen atoms in total. The molecule has 10 heteroatoms. The van der Waals surface area contributed by atoms with Crippen LogP contribution in [0.3, 0.4) is 0 Å². The molecule has 2 aromatic carbocycles. The van der Waals surface area contributed by atoms with Gasteiger partial charge < -0.3 is 20.1 Å². The number of ether oxygens (including phenoxy) is 2. The number of para-hydroxylation sites is 1. The van der Waals surface area contributed by atoms with Crippen LogP contribution in [-0.4, -0.2) is 43.5 Å². The maximum absolute atomic E-state index is 12.3. The van der Waals surface area contributed by atoms with Crippen LogP contribution in [0.5, 0.6) is 11.5 Å². The minimum Gasteiger partial charge on any atom is -0.486 e. The molecule has 0 saturated carbocycles. The topological polar surface area (TPSA) is 76.7 Å². The normalized spacial score (nSPS) is 12.9. The molecule has 0 spiro atoms. The molecule has 0 aliphatic carbocycles. The van der Waals surface area contributed by atoms with Crippen molar-refractivity contribution in [1.82, 2.24) is 5.32 Å². The Kier molecular flexibility index (Phi) is 6.53. The average Bonchev–Trinajstić information content (AvgIpc) is 2.70. The lowest BCUT2D eigenvalue weighted by molar-refractivity contribution is -0.123. The Balaban J connectivity index is 1.59. The number of thioether (sulfide) groups is 1. The highest BCUT2D eigenvalue weighted by atomic mass is 32.2. The highest BCUT2D eigenvalue weighted by molar-refractivity contribution is 8.00. The minimum atomic E-state index is -4.52. The number of alkyl halides is 3. The second-order valence-corrected chi connectivity index (χ2v) is 7.03. The van der Waals surface area contributed by atoms with E-state index in [2.05, 4.69) is 5.32 Å². The lowest BCUT2D eigenvalue weighted by atomic mass is 10.1. The Bertz CT molecular complexity index is 905. The maximum atomic E-state index is 12.3. The molecule has 1 aliphatic heterocycles. The summed E-state index contributed by atoms with van der Waals surface area (Å²) in [5.74, 6) is -0.0334.